The van der Waals surface area contributed by atoms with E-state index in [1.807, 2.05) is 0 Å². The van der Waals surface area contributed by atoms with Crippen LogP contribution in [0.1, 0.15) is 30.2 Å². The fourth-order valence-electron chi connectivity index (χ4n) is 5.86. The number of likely N-dealkylation sites (tertiary alicyclic amines) is 1. The average Bonchev–Trinajstić information content (AvgIpc) is 3.03. The number of methoxy groups -OCH3 is 1. The first-order valence-electron chi connectivity index (χ1n) is 10.6. The molecule has 0 spiro atoms. The molecule has 0 bridgehead atoms. The second-order valence-electron chi connectivity index (χ2n) is 8.61. The van der Waals surface area contributed by atoms with Crippen LogP contribution in [0.15, 0.2) is 48.5 Å². The Balaban J connectivity index is 1.68. The van der Waals surface area contributed by atoms with Crippen LogP contribution < -0.4 is 4.74 Å². The topological polar surface area (TPSA) is 17.4 Å². The van der Waals surface area contributed by atoms with Crippen LogP contribution in [0.2, 0.25) is 0 Å². The highest BCUT2D eigenvalue weighted by Gasteiger charge is 2.48. The summed E-state index contributed by atoms with van der Waals surface area (Å²) in [5, 5.41) is 1.45. The molecule has 1 aromatic heterocycles. The van der Waals surface area contributed by atoms with Gasteiger partial charge in [-0.1, -0.05) is 37.3 Å². The SMILES string of the molecule is CCN1CCC2(c3cccc(OC)c3)Cc3c(c4ccccc4n3C)CC2C1. The van der Waals surface area contributed by atoms with Gasteiger partial charge in [0.1, 0.15) is 5.75 Å². The number of ether oxygens (including phenoxy) is 1. The molecule has 2 aliphatic rings. The molecule has 1 aliphatic carbocycles. The molecule has 0 N–H and O–H groups in total. The number of fused-ring (bicyclic) bond motifs is 4. The summed E-state index contributed by atoms with van der Waals surface area (Å²) in [6.07, 6.45) is 3.52. The molecule has 2 heterocycles. The van der Waals surface area contributed by atoms with Gasteiger partial charge in [-0.2, -0.15) is 0 Å². The van der Waals surface area contributed by atoms with Crippen LogP contribution >= 0.6 is 0 Å². The number of piperidine rings is 1. The van der Waals surface area contributed by atoms with Gasteiger partial charge in [0.05, 0.1) is 7.11 Å². The third kappa shape index (κ3) is 2.52. The predicted molar refractivity (Wildman–Crippen MR) is 115 cm³/mol. The van der Waals surface area contributed by atoms with E-state index in [1.54, 1.807) is 12.7 Å². The van der Waals surface area contributed by atoms with E-state index in [1.165, 1.54) is 48.1 Å². The molecule has 5 rings (SSSR count). The Morgan fingerprint density at radius 1 is 1.14 bits per heavy atom. The smallest absolute Gasteiger partial charge is 0.119 e. The molecule has 3 nitrogen and oxygen atoms in total. The number of benzene rings is 2. The molecular weight excluding hydrogens is 344 g/mol. The van der Waals surface area contributed by atoms with Gasteiger partial charge in [0, 0.05) is 35.6 Å². The van der Waals surface area contributed by atoms with Gasteiger partial charge in [-0.25, -0.2) is 0 Å². The molecule has 0 amide bonds. The van der Waals surface area contributed by atoms with Gasteiger partial charge in [0.2, 0.25) is 0 Å². The molecule has 1 aliphatic heterocycles. The zero-order chi connectivity index (χ0) is 19.3. The van der Waals surface area contributed by atoms with Crippen molar-refractivity contribution in [1.82, 2.24) is 9.47 Å². The van der Waals surface area contributed by atoms with Gasteiger partial charge < -0.3 is 14.2 Å². The number of nitrogens with zero attached hydrogens (tertiary/aromatic N) is 2. The minimum Gasteiger partial charge on any atom is -0.497 e. The van der Waals surface area contributed by atoms with Gasteiger partial charge in [-0.3, -0.25) is 0 Å². The normalized spacial score (nSPS) is 24.8. The average molecular weight is 375 g/mol. The largest absolute Gasteiger partial charge is 0.497 e. The van der Waals surface area contributed by atoms with Crippen molar-refractivity contribution in [2.24, 2.45) is 13.0 Å². The highest BCUT2D eigenvalue weighted by molar-refractivity contribution is 5.86. The fourth-order valence-corrected chi connectivity index (χ4v) is 5.86. The Kier molecular flexibility index (Phi) is 4.24. The second kappa shape index (κ2) is 6.66. The number of para-hydroxylation sites is 1. The molecule has 3 heteroatoms. The van der Waals surface area contributed by atoms with Crippen LogP contribution in [-0.4, -0.2) is 36.2 Å². The molecule has 146 valence electrons. The summed E-state index contributed by atoms with van der Waals surface area (Å²) in [4.78, 5) is 2.64. The van der Waals surface area contributed by atoms with Crippen molar-refractivity contribution in [2.75, 3.05) is 26.7 Å². The predicted octanol–water partition coefficient (Wildman–Crippen LogP) is 4.57. The molecule has 1 fully saturated rings. The first kappa shape index (κ1) is 17.8. The Morgan fingerprint density at radius 3 is 2.82 bits per heavy atom. The highest BCUT2D eigenvalue weighted by Crippen LogP contribution is 2.50. The summed E-state index contributed by atoms with van der Waals surface area (Å²) in [7, 11) is 4.03. The van der Waals surface area contributed by atoms with Crippen molar-refractivity contribution in [1.29, 1.82) is 0 Å². The van der Waals surface area contributed by atoms with Crippen LogP contribution in [0.4, 0.5) is 0 Å². The first-order valence-corrected chi connectivity index (χ1v) is 10.6. The van der Waals surface area contributed by atoms with E-state index < -0.39 is 0 Å². The van der Waals surface area contributed by atoms with E-state index in [4.69, 9.17) is 4.74 Å². The number of aromatic nitrogens is 1. The number of rotatable bonds is 3. The monoisotopic (exact) mass is 374 g/mol. The Hall–Kier alpha value is -2.26. The summed E-state index contributed by atoms with van der Waals surface area (Å²) >= 11 is 0. The van der Waals surface area contributed by atoms with Gasteiger partial charge in [-0.05, 0) is 67.6 Å². The molecule has 2 aromatic carbocycles. The first-order chi connectivity index (χ1) is 13.7. The Labute approximate surface area is 167 Å². The van der Waals surface area contributed by atoms with E-state index in [9.17, 15) is 0 Å². The number of hydrogen-bond donors (Lipinski definition) is 0. The van der Waals surface area contributed by atoms with Crippen molar-refractivity contribution < 1.29 is 4.74 Å². The third-order valence-corrected chi connectivity index (χ3v) is 7.50. The number of aryl methyl sites for hydroxylation is 1. The van der Waals surface area contributed by atoms with Gasteiger partial charge >= 0.3 is 0 Å². The van der Waals surface area contributed by atoms with Crippen molar-refractivity contribution in [3.8, 4) is 5.75 Å². The lowest BCUT2D eigenvalue weighted by Gasteiger charge is -2.51. The highest BCUT2D eigenvalue weighted by atomic mass is 16.5. The minimum absolute atomic E-state index is 0.204. The van der Waals surface area contributed by atoms with E-state index in [0.717, 1.165) is 18.7 Å². The van der Waals surface area contributed by atoms with Crippen molar-refractivity contribution >= 4 is 10.9 Å². The number of hydrogen-bond acceptors (Lipinski definition) is 2. The summed E-state index contributed by atoms with van der Waals surface area (Å²) in [6, 6.07) is 17.8. The van der Waals surface area contributed by atoms with Gasteiger partial charge in [0.15, 0.2) is 0 Å². The van der Waals surface area contributed by atoms with E-state index >= 15 is 0 Å². The molecular formula is C25H30N2O. The van der Waals surface area contributed by atoms with Crippen molar-refractivity contribution in [2.45, 2.75) is 31.6 Å². The third-order valence-electron chi connectivity index (χ3n) is 7.50. The van der Waals surface area contributed by atoms with Crippen LogP contribution in [0.5, 0.6) is 5.75 Å². The summed E-state index contributed by atoms with van der Waals surface area (Å²) in [5.74, 6) is 1.62. The molecule has 3 aromatic rings. The molecule has 28 heavy (non-hydrogen) atoms. The lowest BCUT2D eigenvalue weighted by atomic mass is 9.58. The second-order valence-corrected chi connectivity index (χ2v) is 8.61. The molecule has 0 radical (unpaired) electrons. The quantitative estimate of drug-likeness (QED) is 0.668. The lowest BCUT2D eigenvalue weighted by molar-refractivity contribution is 0.0845. The van der Waals surface area contributed by atoms with Crippen LogP contribution in [-0.2, 0) is 25.3 Å². The Morgan fingerprint density at radius 2 is 2.00 bits per heavy atom. The van der Waals surface area contributed by atoms with E-state index in [2.05, 4.69) is 72.0 Å². The van der Waals surface area contributed by atoms with E-state index in [-0.39, 0.29) is 5.41 Å². The summed E-state index contributed by atoms with van der Waals surface area (Å²) in [5.41, 5.74) is 6.16. The van der Waals surface area contributed by atoms with Crippen LogP contribution in [0, 0.1) is 5.92 Å². The zero-order valence-corrected chi connectivity index (χ0v) is 17.2. The van der Waals surface area contributed by atoms with Crippen molar-refractivity contribution in [3.05, 3.63) is 65.4 Å². The summed E-state index contributed by atoms with van der Waals surface area (Å²) in [6.45, 7) is 5.82. The molecule has 0 saturated carbocycles. The van der Waals surface area contributed by atoms with Crippen molar-refractivity contribution in [3.63, 3.8) is 0 Å². The zero-order valence-electron chi connectivity index (χ0n) is 17.2. The van der Waals surface area contributed by atoms with Crippen LogP contribution in [0.25, 0.3) is 10.9 Å². The van der Waals surface area contributed by atoms with Gasteiger partial charge in [0.25, 0.3) is 0 Å². The molecule has 1 saturated heterocycles. The van der Waals surface area contributed by atoms with E-state index in [0.29, 0.717) is 5.92 Å². The maximum atomic E-state index is 5.59. The standard InChI is InChI=1S/C25H30N2O/c1-4-27-13-12-25(18-8-7-9-20(14-18)28-3)16-24-22(15-19(25)17-27)21-10-5-6-11-23(21)26(24)2/h5-11,14,19H,4,12-13,15-17H2,1-3H3. The fraction of sp³-hybridized carbons (Fsp3) is 0.440. The van der Waals surface area contributed by atoms with Crippen LogP contribution in [0.3, 0.4) is 0 Å². The van der Waals surface area contributed by atoms with Gasteiger partial charge in [-0.15, -0.1) is 0 Å². The minimum atomic E-state index is 0.204. The maximum absolute atomic E-state index is 5.59. The lowest BCUT2D eigenvalue weighted by Crippen LogP contribution is -2.53. The maximum Gasteiger partial charge on any atom is 0.119 e. The summed E-state index contributed by atoms with van der Waals surface area (Å²) < 4.78 is 8.04. The Bertz CT molecular complexity index is 1020. The molecule has 2 atom stereocenters. The molecule has 2 unspecified atom stereocenters.